The summed E-state index contributed by atoms with van der Waals surface area (Å²) >= 11 is 0. The van der Waals surface area contributed by atoms with Crippen LogP contribution in [0.5, 0.6) is 0 Å². The van der Waals surface area contributed by atoms with Crippen molar-refractivity contribution in [3.05, 3.63) is 36.3 Å². The molecular weight excluding hydrogens is 366 g/mol. The zero-order valence-electron chi connectivity index (χ0n) is 15.7. The van der Waals surface area contributed by atoms with Gasteiger partial charge >= 0.3 is 0 Å². The minimum atomic E-state index is -3.43. The number of aryl methyl sites for hydroxylation is 1. The fraction of sp³-hybridized carbons (Fsp3) is 0.556. The predicted molar refractivity (Wildman–Crippen MR) is 101 cm³/mol. The molecule has 2 aromatic rings. The van der Waals surface area contributed by atoms with Crippen LogP contribution in [-0.2, 0) is 27.4 Å². The first-order valence-electron chi connectivity index (χ1n) is 9.23. The molecule has 0 radical (unpaired) electrons. The van der Waals surface area contributed by atoms with Crippen molar-refractivity contribution in [3.63, 3.8) is 0 Å². The minimum absolute atomic E-state index is 0.261. The summed E-state index contributed by atoms with van der Waals surface area (Å²) in [5.74, 6) is 0.758. The van der Waals surface area contributed by atoms with Crippen molar-refractivity contribution in [1.82, 2.24) is 19.1 Å². The van der Waals surface area contributed by atoms with E-state index in [9.17, 15) is 8.42 Å². The van der Waals surface area contributed by atoms with E-state index >= 15 is 0 Å². The Kier molecular flexibility index (Phi) is 4.69. The van der Waals surface area contributed by atoms with E-state index < -0.39 is 15.6 Å². The van der Waals surface area contributed by atoms with Gasteiger partial charge < -0.3 is 9.64 Å². The van der Waals surface area contributed by atoms with Gasteiger partial charge in [-0.25, -0.2) is 13.4 Å². The molecule has 27 heavy (non-hydrogen) atoms. The quantitative estimate of drug-likeness (QED) is 0.783. The molecule has 0 aliphatic carbocycles. The summed E-state index contributed by atoms with van der Waals surface area (Å²) in [6, 6.07) is 3.45. The first kappa shape index (κ1) is 18.4. The van der Waals surface area contributed by atoms with Gasteiger partial charge in [-0.15, -0.1) is 0 Å². The number of anilines is 1. The molecule has 2 fully saturated rings. The second-order valence-corrected chi connectivity index (χ2v) is 9.30. The molecular formula is C18H25N5O3S. The van der Waals surface area contributed by atoms with E-state index in [0.717, 1.165) is 24.2 Å². The van der Waals surface area contributed by atoms with Crippen LogP contribution < -0.4 is 4.90 Å². The van der Waals surface area contributed by atoms with Crippen LogP contribution in [0.15, 0.2) is 35.6 Å². The van der Waals surface area contributed by atoms with Crippen molar-refractivity contribution in [3.8, 4) is 0 Å². The molecule has 4 rings (SSSR count). The molecule has 8 nitrogen and oxygen atoms in total. The van der Waals surface area contributed by atoms with Crippen molar-refractivity contribution in [2.24, 2.45) is 7.05 Å². The standard InChI is InChI=1S/C18H25N5O3S/c1-18(15-11-20-21(2)13-15)14-22(9-10-26-18)17-6-5-16(12-19-17)27(24,25)23-7-3-4-8-23/h5-6,11-13H,3-4,7-10,14H2,1-2H3. The number of morpholine rings is 1. The normalized spacial score (nSPS) is 24.4. The molecule has 146 valence electrons. The summed E-state index contributed by atoms with van der Waals surface area (Å²) in [6.45, 7) is 5.14. The zero-order valence-corrected chi connectivity index (χ0v) is 16.5. The maximum absolute atomic E-state index is 12.7. The van der Waals surface area contributed by atoms with Gasteiger partial charge in [-0.2, -0.15) is 9.40 Å². The fourth-order valence-corrected chi connectivity index (χ4v) is 5.19. The third-order valence-electron chi connectivity index (χ3n) is 5.34. The van der Waals surface area contributed by atoms with Crippen LogP contribution >= 0.6 is 0 Å². The first-order chi connectivity index (χ1) is 12.9. The van der Waals surface area contributed by atoms with E-state index in [1.807, 2.05) is 26.4 Å². The number of sulfonamides is 1. The summed E-state index contributed by atoms with van der Waals surface area (Å²) in [4.78, 5) is 6.84. The lowest BCUT2D eigenvalue weighted by atomic mass is 9.97. The maximum atomic E-state index is 12.7. The third-order valence-corrected chi connectivity index (χ3v) is 7.22. The summed E-state index contributed by atoms with van der Waals surface area (Å²) in [7, 11) is -1.55. The second-order valence-electron chi connectivity index (χ2n) is 7.37. The first-order valence-corrected chi connectivity index (χ1v) is 10.7. The van der Waals surface area contributed by atoms with Crippen LogP contribution in [0, 0.1) is 0 Å². The maximum Gasteiger partial charge on any atom is 0.244 e. The van der Waals surface area contributed by atoms with Crippen molar-refractivity contribution < 1.29 is 13.2 Å². The molecule has 0 spiro atoms. The van der Waals surface area contributed by atoms with Crippen LogP contribution in [0.2, 0.25) is 0 Å². The monoisotopic (exact) mass is 391 g/mol. The van der Waals surface area contributed by atoms with E-state index in [4.69, 9.17) is 4.74 Å². The Morgan fingerprint density at radius 1 is 1.15 bits per heavy atom. The van der Waals surface area contributed by atoms with E-state index in [-0.39, 0.29) is 4.90 Å². The fourth-order valence-electron chi connectivity index (χ4n) is 3.72. The van der Waals surface area contributed by atoms with Gasteiger partial charge in [0.2, 0.25) is 10.0 Å². The van der Waals surface area contributed by atoms with Crippen molar-refractivity contribution in [2.75, 3.05) is 37.7 Å². The van der Waals surface area contributed by atoms with Crippen LogP contribution in [-0.4, -0.2) is 60.3 Å². The number of pyridine rings is 1. The minimum Gasteiger partial charge on any atom is -0.367 e. The van der Waals surface area contributed by atoms with Gasteiger partial charge in [0.1, 0.15) is 16.3 Å². The lowest BCUT2D eigenvalue weighted by Crippen LogP contribution is -2.48. The average Bonchev–Trinajstić information content (AvgIpc) is 3.34. The van der Waals surface area contributed by atoms with Gasteiger partial charge in [0, 0.05) is 44.6 Å². The molecule has 1 unspecified atom stereocenters. The van der Waals surface area contributed by atoms with Crippen LogP contribution in [0.1, 0.15) is 25.3 Å². The predicted octanol–water partition coefficient (Wildman–Crippen LogP) is 1.35. The van der Waals surface area contributed by atoms with E-state index in [1.165, 1.54) is 10.5 Å². The Balaban J connectivity index is 1.53. The van der Waals surface area contributed by atoms with Crippen LogP contribution in [0.25, 0.3) is 0 Å². The molecule has 0 saturated carbocycles. The summed E-state index contributed by atoms with van der Waals surface area (Å²) in [5, 5.41) is 4.24. The Labute approximate surface area is 159 Å². The number of nitrogens with zero attached hydrogens (tertiary/aromatic N) is 5. The van der Waals surface area contributed by atoms with Crippen molar-refractivity contribution >= 4 is 15.8 Å². The zero-order chi connectivity index (χ0) is 19.1. The number of ether oxygens (including phenoxy) is 1. The molecule has 4 heterocycles. The molecule has 2 aliphatic heterocycles. The number of aromatic nitrogens is 3. The molecule has 9 heteroatoms. The van der Waals surface area contributed by atoms with Gasteiger partial charge in [-0.3, -0.25) is 4.68 Å². The smallest absolute Gasteiger partial charge is 0.244 e. The summed E-state index contributed by atoms with van der Waals surface area (Å²) in [6.07, 6.45) is 7.10. The number of hydrogen-bond donors (Lipinski definition) is 0. The molecule has 2 saturated heterocycles. The second kappa shape index (κ2) is 6.88. The SMILES string of the molecule is Cn1cc(C2(C)CN(c3ccc(S(=O)(=O)N4CCCC4)cn3)CCO2)cn1. The van der Waals surface area contributed by atoms with Crippen LogP contribution in [0.4, 0.5) is 5.82 Å². The number of hydrogen-bond acceptors (Lipinski definition) is 6. The Morgan fingerprint density at radius 3 is 2.56 bits per heavy atom. The van der Waals surface area contributed by atoms with Gasteiger partial charge in [0.15, 0.2) is 0 Å². The van der Waals surface area contributed by atoms with Gasteiger partial charge in [-0.1, -0.05) is 0 Å². The molecule has 2 aromatic heterocycles. The van der Waals surface area contributed by atoms with Gasteiger partial charge in [0.25, 0.3) is 0 Å². The third kappa shape index (κ3) is 3.46. The number of rotatable bonds is 4. The van der Waals surface area contributed by atoms with E-state index in [0.29, 0.717) is 32.8 Å². The van der Waals surface area contributed by atoms with E-state index in [1.54, 1.807) is 16.8 Å². The van der Waals surface area contributed by atoms with Crippen molar-refractivity contribution in [1.29, 1.82) is 0 Å². The Bertz CT molecular complexity index is 905. The highest BCUT2D eigenvalue weighted by atomic mass is 32.2. The molecule has 0 amide bonds. The lowest BCUT2D eigenvalue weighted by Gasteiger charge is -2.40. The van der Waals surface area contributed by atoms with E-state index in [2.05, 4.69) is 15.0 Å². The molecule has 0 aromatic carbocycles. The highest BCUT2D eigenvalue weighted by Gasteiger charge is 2.36. The highest BCUT2D eigenvalue weighted by Crippen LogP contribution is 2.31. The van der Waals surface area contributed by atoms with Gasteiger partial charge in [0.05, 0.1) is 19.3 Å². The topological polar surface area (TPSA) is 80.6 Å². The summed E-state index contributed by atoms with van der Waals surface area (Å²) < 4.78 is 34.7. The molecule has 2 aliphatic rings. The Morgan fingerprint density at radius 2 is 1.93 bits per heavy atom. The summed E-state index contributed by atoms with van der Waals surface area (Å²) in [5.41, 5.74) is 0.539. The average molecular weight is 391 g/mol. The molecule has 1 atom stereocenters. The molecule has 0 N–H and O–H groups in total. The highest BCUT2D eigenvalue weighted by molar-refractivity contribution is 7.89. The Hall–Kier alpha value is -1.97. The molecule has 0 bridgehead atoms. The largest absolute Gasteiger partial charge is 0.367 e. The lowest BCUT2D eigenvalue weighted by molar-refractivity contribution is -0.0468. The van der Waals surface area contributed by atoms with Gasteiger partial charge in [-0.05, 0) is 31.9 Å². The van der Waals surface area contributed by atoms with Crippen molar-refractivity contribution in [2.45, 2.75) is 30.3 Å². The van der Waals surface area contributed by atoms with Crippen LogP contribution in [0.3, 0.4) is 0 Å².